The van der Waals surface area contributed by atoms with E-state index in [1.807, 2.05) is 37.1 Å². The highest BCUT2D eigenvalue weighted by atomic mass is 16.5. The maximum atomic E-state index is 11.8. The minimum Gasteiger partial charge on any atom is -0.482 e. The van der Waals surface area contributed by atoms with Gasteiger partial charge in [0, 0.05) is 25.8 Å². The summed E-state index contributed by atoms with van der Waals surface area (Å²) in [6, 6.07) is 5.54. The molecule has 6 nitrogen and oxygen atoms in total. The Hall–Kier alpha value is -2.24. The molecule has 1 aliphatic heterocycles. The summed E-state index contributed by atoms with van der Waals surface area (Å²) >= 11 is 0. The summed E-state index contributed by atoms with van der Waals surface area (Å²) in [4.78, 5) is 25.9. The Balaban J connectivity index is 2.23. The number of fused-ring (bicyclic) bond motifs is 1. The van der Waals surface area contributed by atoms with Gasteiger partial charge in [0.2, 0.25) is 0 Å². The summed E-state index contributed by atoms with van der Waals surface area (Å²) in [5, 5.41) is 8.72. The van der Waals surface area contributed by atoms with Crippen LogP contribution in [0, 0.1) is 0 Å². The van der Waals surface area contributed by atoms with E-state index >= 15 is 0 Å². The lowest BCUT2D eigenvalue weighted by Gasteiger charge is -2.30. The van der Waals surface area contributed by atoms with Crippen LogP contribution in [0.25, 0.3) is 0 Å². The molecule has 6 heteroatoms. The van der Waals surface area contributed by atoms with Crippen LogP contribution in [0.2, 0.25) is 0 Å². The minimum absolute atomic E-state index is 0.0645. The molecule has 0 spiro atoms. The Bertz CT molecular complexity index is 530. The number of carbonyl (C=O) groups is 2. The molecule has 0 fully saturated rings. The first-order valence-corrected chi connectivity index (χ1v) is 6.53. The van der Waals surface area contributed by atoms with Gasteiger partial charge in [-0.05, 0) is 25.1 Å². The summed E-state index contributed by atoms with van der Waals surface area (Å²) in [5.74, 6) is -0.212. The fourth-order valence-electron chi connectivity index (χ4n) is 2.17. The molecule has 1 aromatic rings. The molecule has 0 saturated carbocycles. The highest BCUT2D eigenvalue weighted by Gasteiger charge is 2.24. The highest BCUT2D eigenvalue weighted by Crippen LogP contribution is 2.35. The van der Waals surface area contributed by atoms with E-state index in [0.29, 0.717) is 18.8 Å². The maximum absolute atomic E-state index is 11.8. The molecular formula is C14H18N2O4. The van der Waals surface area contributed by atoms with Gasteiger partial charge in [-0.3, -0.25) is 9.59 Å². The maximum Gasteiger partial charge on any atom is 0.305 e. The smallest absolute Gasteiger partial charge is 0.305 e. The second-order valence-corrected chi connectivity index (χ2v) is 4.64. The molecular weight excluding hydrogens is 260 g/mol. The monoisotopic (exact) mass is 278 g/mol. The number of likely N-dealkylation sites (N-methyl/N-ethyl adjacent to an activating group) is 1. The zero-order valence-electron chi connectivity index (χ0n) is 11.6. The van der Waals surface area contributed by atoms with E-state index in [0.717, 1.165) is 11.4 Å². The summed E-state index contributed by atoms with van der Waals surface area (Å²) in [6.07, 6.45) is 0.0699. The minimum atomic E-state index is -0.830. The van der Waals surface area contributed by atoms with Crippen LogP contribution < -0.4 is 14.5 Å². The third kappa shape index (κ3) is 2.84. The van der Waals surface area contributed by atoms with Crippen LogP contribution in [0.3, 0.4) is 0 Å². The van der Waals surface area contributed by atoms with Gasteiger partial charge in [-0.2, -0.15) is 0 Å². The number of carbonyl (C=O) groups excluding carboxylic acids is 1. The zero-order valence-corrected chi connectivity index (χ0v) is 11.6. The number of nitrogens with zero attached hydrogens (tertiary/aromatic N) is 2. The average molecular weight is 278 g/mol. The standard InChI is InChI=1S/C14H18N2O4/c1-3-16-11-8-10(15(2)7-6-14(18)19)4-5-12(11)20-9-13(16)17/h4-5,8H,3,6-7,9H2,1-2H3,(H,18,19). The molecule has 1 heterocycles. The topological polar surface area (TPSA) is 70.1 Å². The van der Waals surface area contributed by atoms with Crippen LogP contribution in [0.5, 0.6) is 5.75 Å². The van der Waals surface area contributed by atoms with Crippen LogP contribution >= 0.6 is 0 Å². The van der Waals surface area contributed by atoms with Gasteiger partial charge in [0.05, 0.1) is 12.1 Å². The number of carboxylic acid groups (broad SMARTS) is 1. The summed E-state index contributed by atoms with van der Waals surface area (Å²) in [6.45, 7) is 2.97. The van der Waals surface area contributed by atoms with Crippen LogP contribution in [-0.4, -0.2) is 43.7 Å². The third-order valence-corrected chi connectivity index (χ3v) is 3.30. The second kappa shape index (κ2) is 5.81. The molecule has 0 unspecified atom stereocenters. The van der Waals surface area contributed by atoms with Crippen LogP contribution in [0.1, 0.15) is 13.3 Å². The summed E-state index contributed by atoms with van der Waals surface area (Å²) in [7, 11) is 1.83. The molecule has 0 aliphatic carbocycles. The normalized spacial score (nSPS) is 13.7. The number of amides is 1. The molecule has 1 amide bonds. The van der Waals surface area contributed by atoms with Crippen LogP contribution in [0.4, 0.5) is 11.4 Å². The van der Waals surface area contributed by atoms with Crippen molar-refractivity contribution >= 4 is 23.3 Å². The van der Waals surface area contributed by atoms with Gasteiger partial charge < -0.3 is 19.6 Å². The first-order valence-electron chi connectivity index (χ1n) is 6.53. The third-order valence-electron chi connectivity index (χ3n) is 3.30. The molecule has 0 saturated heterocycles. The van der Waals surface area contributed by atoms with Crippen LogP contribution in [-0.2, 0) is 9.59 Å². The number of aliphatic carboxylic acids is 1. The van der Waals surface area contributed by atoms with E-state index in [1.165, 1.54) is 0 Å². The van der Waals surface area contributed by atoms with Crippen molar-refractivity contribution in [3.8, 4) is 5.75 Å². The first kappa shape index (κ1) is 14.2. The van der Waals surface area contributed by atoms with Gasteiger partial charge in [-0.1, -0.05) is 0 Å². The Morgan fingerprint density at radius 3 is 2.90 bits per heavy atom. The first-order chi connectivity index (χ1) is 9.52. The van der Waals surface area contributed by atoms with E-state index in [2.05, 4.69) is 0 Å². The van der Waals surface area contributed by atoms with Crippen molar-refractivity contribution in [3.63, 3.8) is 0 Å². The number of hydrogen-bond donors (Lipinski definition) is 1. The second-order valence-electron chi connectivity index (χ2n) is 4.64. The molecule has 20 heavy (non-hydrogen) atoms. The van der Waals surface area contributed by atoms with Gasteiger partial charge in [0.15, 0.2) is 6.61 Å². The molecule has 108 valence electrons. The molecule has 1 aliphatic rings. The lowest BCUT2D eigenvalue weighted by Crippen LogP contribution is -2.38. The molecule has 2 rings (SSSR count). The average Bonchev–Trinajstić information content (AvgIpc) is 2.44. The van der Waals surface area contributed by atoms with Crippen LogP contribution in [0.15, 0.2) is 18.2 Å². The van der Waals surface area contributed by atoms with E-state index in [9.17, 15) is 9.59 Å². The van der Waals surface area contributed by atoms with E-state index in [4.69, 9.17) is 9.84 Å². The fourth-order valence-corrected chi connectivity index (χ4v) is 2.17. The van der Waals surface area contributed by atoms with Crippen molar-refractivity contribution in [2.24, 2.45) is 0 Å². The molecule has 1 N–H and O–H groups in total. The summed E-state index contributed by atoms with van der Waals surface area (Å²) in [5.41, 5.74) is 1.60. The van der Waals surface area contributed by atoms with E-state index in [1.54, 1.807) is 4.90 Å². The SMILES string of the molecule is CCN1C(=O)COc2ccc(N(C)CCC(=O)O)cc21. The highest BCUT2D eigenvalue weighted by molar-refractivity contribution is 5.98. The van der Waals surface area contributed by atoms with Gasteiger partial charge >= 0.3 is 5.97 Å². The van der Waals surface area contributed by atoms with Crippen molar-refractivity contribution in [2.45, 2.75) is 13.3 Å². The number of ether oxygens (including phenoxy) is 1. The largest absolute Gasteiger partial charge is 0.482 e. The number of hydrogen-bond acceptors (Lipinski definition) is 4. The van der Waals surface area contributed by atoms with Crippen molar-refractivity contribution in [1.82, 2.24) is 0 Å². The van der Waals surface area contributed by atoms with Crippen molar-refractivity contribution in [1.29, 1.82) is 0 Å². The van der Waals surface area contributed by atoms with Crippen molar-refractivity contribution < 1.29 is 19.4 Å². The van der Waals surface area contributed by atoms with Gasteiger partial charge in [-0.15, -0.1) is 0 Å². The predicted octanol–water partition coefficient (Wildman–Crippen LogP) is 1.34. The van der Waals surface area contributed by atoms with Gasteiger partial charge in [0.1, 0.15) is 5.75 Å². The van der Waals surface area contributed by atoms with Gasteiger partial charge in [-0.25, -0.2) is 0 Å². The number of anilines is 2. The molecule has 0 aromatic heterocycles. The van der Waals surface area contributed by atoms with Crippen molar-refractivity contribution in [3.05, 3.63) is 18.2 Å². The molecule has 1 aromatic carbocycles. The zero-order chi connectivity index (χ0) is 14.7. The fraction of sp³-hybridized carbons (Fsp3) is 0.429. The Morgan fingerprint density at radius 1 is 1.50 bits per heavy atom. The predicted molar refractivity (Wildman–Crippen MR) is 75.5 cm³/mol. The van der Waals surface area contributed by atoms with Gasteiger partial charge in [0.25, 0.3) is 5.91 Å². The van der Waals surface area contributed by atoms with E-state index < -0.39 is 5.97 Å². The molecule has 0 atom stereocenters. The number of carboxylic acids is 1. The number of benzene rings is 1. The summed E-state index contributed by atoms with van der Waals surface area (Å²) < 4.78 is 5.40. The Kier molecular flexibility index (Phi) is 4.12. The quantitative estimate of drug-likeness (QED) is 0.880. The lowest BCUT2D eigenvalue weighted by atomic mass is 10.2. The lowest BCUT2D eigenvalue weighted by molar-refractivity contribution is -0.136. The van der Waals surface area contributed by atoms with E-state index in [-0.39, 0.29) is 18.9 Å². The number of rotatable bonds is 5. The Morgan fingerprint density at radius 2 is 2.25 bits per heavy atom. The Labute approximate surface area is 117 Å². The van der Waals surface area contributed by atoms with Crippen molar-refractivity contribution in [2.75, 3.05) is 36.5 Å². The molecule has 0 bridgehead atoms. The molecule has 0 radical (unpaired) electrons.